The van der Waals surface area contributed by atoms with Crippen LogP contribution in [0.5, 0.6) is 0 Å². The third-order valence-corrected chi connectivity index (χ3v) is 17.3. The molecule has 470 valence electrons. The molecular formula is C73H143NO5. The van der Waals surface area contributed by atoms with Crippen LogP contribution in [0, 0.1) is 0 Å². The maximum Gasteiger partial charge on any atom is 0.305 e. The zero-order valence-corrected chi connectivity index (χ0v) is 53.9. The Morgan fingerprint density at radius 2 is 0.595 bits per heavy atom. The zero-order valence-electron chi connectivity index (χ0n) is 53.9. The number of hydrogen-bond donors (Lipinski definition) is 3. The number of ether oxygens (including phenoxy) is 1. The first-order valence-corrected chi connectivity index (χ1v) is 36.4. The molecule has 0 aliphatic carbocycles. The van der Waals surface area contributed by atoms with Gasteiger partial charge in [0, 0.05) is 12.8 Å². The molecule has 1 amide bonds. The van der Waals surface area contributed by atoms with Gasteiger partial charge in [-0.25, -0.2) is 0 Å². The van der Waals surface area contributed by atoms with Crippen LogP contribution in [0.25, 0.3) is 0 Å². The third kappa shape index (κ3) is 65.6. The minimum Gasteiger partial charge on any atom is -0.466 e. The summed E-state index contributed by atoms with van der Waals surface area (Å²) in [5, 5.41) is 23.4. The molecule has 6 nitrogen and oxygen atoms in total. The summed E-state index contributed by atoms with van der Waals surface area (Å²) in [7, 11) is 0. The van der Waals surface area contributed by atoms with Crippen LogP contribution in [0.3, 0.4) is 0 Å². The lowest BCUT2D eigenvalue weighted by Crippen LogP contribution is -2.45. The fourth-order valence-electron chi connectivity index (χ4n) is 11.8. The standard InChI is InChI=1S/C73H143NO5/c1-3-5-7-9-11-13-15-17-19-21-31-34-37-41-45-49-53-57-61-65-71(76)70(69-75)74-72(77)66-62-58-54-50-46-42-38-35-32-29-27-25-23-22-24-26-28-30-33-36-40-44-48-52-56-60-64-68-79-73(78)67-63-59-55-51-47-43-39-20-18-16-14-12-10-8-6-4-2/h22-23,70-71,75-76H,3-21,24-69H2,1-2H3,(H,74,77)/b23-22-. The highest BCUT2D eigenvalue weighted by molar-refractivity contribution is 5.76. The van der Waals surface area contributed by atoms with Crippen LogP contribution >= 0.6 is 0 Å². The normalized spacial score (nSPS) is 12.5. The van der Waals surface area contributed by atoms with E-state index in [4.69, 9.17) is 4.74 Å². The average molecular weight is 1110 g/mol. The largest absolute Gasteiger partial charge is 0.466 e. The van der Waals surface area contributed by atoms with E-state index in [0.717, 1.165) is 38.5 Å². The summed E-state index contributed by atoms with van der Waals surface area (Å²) in [6.07, 6.45) is 85.5. The zero-order chi connectivity index (χ0) is 57.1. The van der Waals surface area contributed by atoms with Gasteiger partial charge >= 0.3 is 5.97 Å². The molecule has 0 spiro atoms. The molecule has 0 aliphatic rings. The lowest BCUT2D eigenvalue weighted by Gasteiger charge is -2.22. The molecule has 0 rings (SSSR count). The smallest absolute Gasteiger partial charge is 0.305 e. The molecule has 0 aromatic carbocycles. The molecule has 0 aromatic heterocycles. The van der Waals surface area contributed by atoms with Crippen LogP contribution in [0.15, 0.2) is 12.2 Å². The molecule has 0 aliphatic heterocycles. The van der Waals surface area contributed by atoms with Crippen LogP contribution in [0.1, 0.15) is 418 Å². The molecule has 0 fully saturated rings. The van der Waals surface area contributed by atoms with Crippen molar-refractivity contribution in [2.45, 2.75) is 431 Å². The van der Waals surface area contributed by atoms with Gasteiger partial charge in [0.2, 0.25) is 5.91 Å². The first kappa shape index (κ1) is 77.6. The van der Waals surface area contributed by atoms with Crippen molar-refractivity contribution in [3.8, 4) is 0 Å². The first-order chi connectivity index (χ1) is 39.0. The predicted octanol–water partition coefficient (Wildman–Crippen LogP) is 23.5. The van der Waals surface area contributed by atoms with E-state index in [1.54, 1.807) is 0 Å². The highest BCUT2D eigenvalue weighted by Crippen LogP contribution is 2.19. The molecule has 79 heavy (non-hydrogen) atoms. The van der Waals surface area contributed by atoms with E-state index in [9.17, 15) is 19.8 Å². The van der Waals surface area contributed by atoms with Crippen molar-refractivity contribution in [2.75, 3.05) is 13.2 Å². The number of nitrogens with one attached hydrogen (secondary N) is 1. The molecule has 2 unspecified atom stereocenters. The first-order valence-electron chi connectivity index (χ1n) is 36.4. The summed E-state index contributed by atoms with van der Waals surface area (Å²) in [5.74, 6) is -0.0114. The molecule has 3 N–H and O–H groups in total. The van der Waals surface area contributed by atoms with Gasteiger partial charge in [0.05, 0.1) is 25.4 Å². The van der Waals surface area contributed by atoms with Gasteiger partial charge in [-0.3, -0.25) is 9.59 Å². The molecular weight excluding hydrogens is 971 g/mol. The maximum atomic E-state index is 12.5. The number of carbonyl (C=O) groups is 2. The van der Waals surface area contributed by atoms with Crippen molar-refractivity contribution in [3.63, 3.8) is 0 Å². The van der Waals surface area contributed by atoms with Gasteiger partial charge in [0.15, 0.2) is 0 Å². The molecule has 6 heteroatoms. The van der Waals surface area contributed by atoms with Gasteiger partial charge in [0.25, 0.3) is 0 Å². The van der Waals surface area contributed by atoms with Gasteiger partial charge in [0.1, 0.15) is 0 Å². The number of esters is 1. The number of aliphatic hydroxyl groups is 2. The van der Waals surface area contributed by atoms with Gasteiger partial charge in [-0.05, 0) is 51.4 Å². The topological polar surface area (TPSA) is 95.9 Å². The fraction of sp³-hybridized carbons (Fsp3) is 0.945. The van der Waals surface area contributed by atoms with E-state index in [0.29, 0.717) is 25.9 Å². The highest BCUT2D eigenvalue weighted by Gasteiger charge is 2.20. The quantitative estimate of drug-likeness (QED) is 0.0320. The molecule has 0 bridgehead atoms. The van der Waals surface area contributed by atoms with Crippen molar-refractivity contribution in [1.82, 2.24) is 5.32 Å². The fourth-order valence-corrected chi connectivity index (χ4v) is 11.8. The van der Waals surface area contributed by atoms with E-state index in [-0.39, 0.29) is 18.5 Å². The van der Waals surface area contributed by atoms with Crippen molar-refractivity contribution in [1.29, 1.82) is 0 Å². The Bertz CT molecular complexity index is 1190. The van der Waals surface area contributed by atoms with Crippen molar-refractivity contribution in [2.24, 2.45) is 0 Å². The van der Waals surface area contributed by atoms with Gasteiger partial charge in [-0.15, -0.1) is 0 Å². The number of aliphatic hydroxyl groups excluding tert-OH is 2. The SMILES string of the molecule is CCCCCCCCCCCCCCCCCCCCCC(O)C(CO)NC(=O)CCCCCCCCCCCCC/C=C\CCCCCCCCCCCCCCOC(=O)CCCCCCCCCCCCCCCCCC. The Hall–Kier alpha value is -1.40. The minimum absolute atomic E-state index is 0.0197. The molecule has 0 saturated carbocycles. The molecule has 0 radical (unpaired) electrons. The second-order valence-corrected chi connectivity index (χ2v) is 25.3. The van der Waals surface area contributed by atoms with E-state index >= 15 is 0 Å². The predicted molar refractivity (Wildman–Crippen MR) is 347 cm³/mol. The van der Waals surface area contributed by atoms with Crippen LogP contribution in [-0.2, 0) is 14.3 Å². The van der Waals surface area contributed by atoms with Crippen LogP contribution < -0.4 is 5.32 Å². The molecule has 0 saturated heterocycles. The number of carbonyl (C=O) groups excluding carboxylic acids is 2. The van der Waals surface area contributed by atoms with E-state index in [1.165, 1.54) is 347 Å². The lowest BCUT2D eigenvalue weighted by molar-refractivity contribution is -0.143. The average Bonchev–Trinajstić information content (AvgIpc) is 3.45. The van der Waals surface area contributed by atoms with Gasteiger partial charge in [-0.1, -0.05) is 366 Å². The Morgan fingerprint density at radius 1 is 0.342 bits per heavy atom. The summed E-state index contributed by atoms with van der Waals surface area (Å²) in [6.45, 7) is 5.00. The van der Waals surface area contributed by atoms with Crippen molar-refractivity contribution < 1.29 is 24.5 Å². The summed E-state index contributed by atoms with van der Waals surface area (Å²) >= 11 is 0. The molecule has 0 aromatic rings. The summed E-state index contributed by atoms with van der Waals surface area (Å²) in [5.41, 5.74) is 0. The van der Waals surface area contributed by atoms with Crippen LogP contribution in [0.4, 0.5) is 0 Å². The molecule has 0 heterocycles. The lowest BCUT2D eigenvalue weighted by atomic mass is 10.0. The monoisotopic (exact) mass is 1110 g/mol. The van der Waals surface area contributed by atoms with E-state index in [1.807, 2.05) is 0 Å². The van der Waals surface area contributed by atoms with Gasteiger partial charge < -0.3 is 20.3 Å². The number of rotatable bonds is 69. The Kier molecular flexibility index (Phi) is 67.9. The Balaban J connectivity index is 3.37. The van der Waals surface area contributed by atoms with Crippen LogP contribution in [0.2, 0.25) is 0 Å². The summed E-state index contributed by atoms with van der Waals surface area (Å²) in [6, 6.07) is -0.542. The van der Waals surface area contributed by atoms with Crippen LogP contribution in [-0.4, -0.2) is 47.4 Å². The Morgan fingerprint density at radius 3 is 0.899 bits per heavy atom. The molecule has 2 atom stereocenters. The van der Waals surface area contributed by atoms with E-state index in [2.05, 4.69) is 31.3 Å². The number of unbranched alkanes of at least 4 members (excludes halogenated alkanes) is 56. The summed E-state index contributed by atoms with van der Waals surface area (Å²) < 4.78 is 5.50. The summed E-state index contributed by atoms with van der Waals surface area (Å²) in [4.78, 5) is 24.6. The van der Waals surface area contributed by atoms with E-state index < -0.39 is 12.1 Å². The van der Waals surface area contributed by atoms with Gasteiger partial charge in [-0.2, -0.15) is 0 Å². The van der Waals surface area contributed by atoms with Crippen molar-refractivity contribution >= 4 is 11.9 Å². The minimum atomic E-state index is -0.665. The van der Waals surface area contributed by atoms with Crippen molar-refractivity contribution in [3.05, 3.63) is 12.2 Å². The number of hydrogen-bond acceptors (Lipinski definition) is 5. The third-order valence-electron chi connectivity index (χ3n) is 17.3. The second kappa shape index (κ2) is 69.1. The second-order valence-electron chi connectivity index (χ2n) is 25.3. The number of amides is 1. The Labute approximate surface area is 495 Å². The maximum absolute atomic E-state index is 12.5. The number of allylic oxidation sites excluding steroid dienone is 2. The highest BCUT2D eigenvalue weighted by atomic mass is 16.5.